The maximum atomic E-state index is 12.0. The molecule has 0 bridgehead atoms. The minimum absolute atomic E-state index is 0.217. The van der Waals surface area contributed by atoms with Gasteiger partial charge in [0.25, 0.3) is 5.91 Å². The number of carbonyl (C=O) groups is 1. The van der Waals surface area contributed by atoms with Crippen LogP contribution in [0.1, 0.15) is 14.5 Å². The molecule has 0 aliphatic rings. The maximum absolute atomic E-state index is 12.0. The van der Waals surface area contributed by atoms with Gasteiger partial charge in [0, 0.05) is 10.6 Å². The van der Waals surface area contributed by atoms with E-state index in [4.69, 9.17) is 10.8 Å². The Morgan fingerprint density at radius 1 is 1.65 bits per heavy atom. The number of alkyl halides is 3. The summed E-state index contributed by atoms with van der Waals surface area (Å²) in [6.45, 7) is 0.820. The highest BCUT2D eigenvalue weighted by molar-refractivity contribution is 7.14. The number of aliphatic hydroxyl groups is 1. The zero-order valence-corrected chi connectivity index (χ0v) is 9.65. The molecule has 96 valence electrons. The fourth-order valence-electron chi connectivity index (χ4n) is 1.00. The molecule has 1 unspecified atom stereocenters. The predicted octanol–water partition coefficient (Wildman–Crippen LogP) is 1.29. The summed E-state index contributed by atoms with van der Waals surface area (Å²) in [6, 6.07) is 1.38. The first-order chi connectivity index (χ1) is 7.71. The highest BCUT2D eigenvalue weighted by Crippen LogP contribution is 2.23. The van der Waals surface area contributed by atoms with Gasteiger partial charge in [-0.3, -0.25) is 4.79 Å². The Bertz CT molecular complexity index is 397. The molecular formula is C9H11F3N2O2S. The Hall–Kier alpha value is -1.28. The average Bonchev–Trinajstić information content (AvgIpc) is 2.54. The van der Waals surface area contributed by atoms with Gasteiger partial charge in [0.2, 0.25) is 0 Å². The van der Waals surface area contributed by atoms with Crippen molar-refractivity contribution in [2.45, 2.75) is 19.2 Å². The number of amides is 1. The van der Waals surface area contributed by atoms with Crippen molar-refractivity contribution in [3.05, 3.63) is 15.8 Å². The molecule has 0 aliphatic heterocycles. The second kappa shape index (κ2) is 4.92. The topological polar surface area (TPSA) is 75.3 Å². The number of nitrogens with one attached hydrogen (secondary N) is 1. The number of thiophene rings is 1. The minimum atomic E-state index is -4.74. The quantitative estimate of drug-likeness (QED) is 0.773. The predicted molar refractivity (Wildman–Crippen MR) is 57.9 cm³/mol. The number of hydrogen-bond acceptors (Lipinski definition) is 4. The standard InChI is InChI=1S/C9H11F3N2O2S/c1-4-5(13)2-6(17-4)8(16)14-3-7(15)9(10,11)12/h2,7,15H,3,13H2,1H3,(H,14,16). The van der Waals surface area contributed by atoms with Crippen LogP contribution in [-0.4, -0.2) is 29.8 Å². The number of halogens is 3. The summed E-state index contributed by atoms with van der Waals surface area (Å²) >= 11 is 1.08. The maximum Gasteiger partial charge on any atom is 0.416 e. The first-order valence-electron chi connectivity index (χ1n) is 4.60. The van der Waals surface area contributed by atoms with E-state index in [-0.39, 0.29) is 4.88 Å². The lowest BCUT2D eigenvalue weighted by molar-refractivity contribution is -0.201. The Morgan fingerprint density at radius 2 is 2.24 bits per heavy atom. The number of carbonyl (C=O) groups excluding carboxylic acids is 1. The third-order valence-electron chi connectivity index (χ3n) is 2.01. The number of nitrogen functional groups attached to an aromatic ring is 1. The molecule has 1 heterocycles. The van der Waals surface area contributed by atoms with Crippen LogP contribution in [0.4, 0.5) is 18.9 Å². The number of aliphatic hydroxyl groups excluding tert-OH is 1. The molecule has 0 saturated carbocycles. The van der Waals surface area contributed by atoms with Crippen molar-refractivity contribution < 1.29 is 23.1 Å². The number of rotatable bonds is 3. The summed E-state index contributed by atoms with van der Waals surface area (Å²) in [6.07, 6.45) is -7.30. The third kappa shape index (κ3) is 3.60. The van der Waals surface area contributed by atoms with Gasteiger partial charge in [0.1, 0.15) is 0 Å². The lowest BCUT2D eigenvalue weighted by Crippen LogP contribution is -2.40. The summed E-state index contributed by atoms with van der Waals surface area (Å²) in [7, 11) is 0. The van der Waals surface area contributed by atoms with Crippen molar-refractivity contribution >= 4 is 22.9 Å². The molecule has 0 radical (unpaired) electrons. The lowest BCUT2D eigenvalue weighted by atomic mass is 10.3. The Morgan fingerprint density at radius 3 is 2.65 bits per heavy atom. The third-order valence-corrected chi connectivity index (χ3v) is 3.08. The molecule has 0 fully saturated rings. The number of nitrogens with two attached hydrogens (primary N) is 1. The minimum Gasteiger partial charge on any atom is -0.398 e. The van der Waals surface area contributed by atoms with Gasteiger partial charge in [-0.1, -0.05) is 0 Å². The van der Waals surface area contributed by atoms with E-state index in [9.17, 15) is 18.0 Å². The van der Waals surface area contributed by atoms with Gasteiger partial charge >= 0.3 is 6.18 Å². The molecule has 4 nitrogen and oxygen atoms in total. The normalized spacial score (nSPS) is 13.5. The van der Waals surface area contributed by atoms with Crippen LogP contribution in [-0.2, 0) is 0 Å². The number of hydrogen-bond donors (Lipinski definition) is 3. The number of aryl methyl sites for hydroxylation is 1. The van der Waals surface area contributed by atoms with Gasteiger partial charge in [-0.2, -0.15) is 13.2 Å². The lowest BCUT2D eigenvalue weighted by Gasteiger charge is -2.14. The monoisotopic (exact) mass is 268 g/mol. The number of anilines is 1. The van der Waals surface area contributed by atoms with E-state index in [2.05, 4.69) is 0 Å². The largest absolute Gasteiger partial charge is 0.416 e. The molecule has 0 saturated heterocycles. The molecule has 1 rings (SSSR count). The Kier molecular flexibility index (Phi) is 3.99. The van der Waals surface area contributed by atoms with Crippen LogP contribution in [0, 0.1) is 6.92 Å². The van der Waals surface area contributed by atoms with Crippen molar-refractivity contribution in [1.29, 1.82) is 0 Å². The molecular weight excluding hydrogens is 257 g/mol. The average molecular weight is 268 g/mol. The molecule has 1 aromatic rings. The second-order valence-electron chi connectivity index (χ2n) is 3.39. The fraction of sp³-hybridized carbons (Fsp3) is 0.444. The van der Waals surface area contributed by atoms with Crippen molar-refractivity contribution in [1.82, 2.24) is 5.32 Å². The molecule has 0 aromatic carbocycles. The molecule has 17 heavy (non-hydrogen) atoms. The van der Waals surface area contributed by atoms with Crippen LogP contribution in [0.5, 0.6) is 0 Å². The van der Waals surface area contributed by atoms with Crippen LogP contribution < -0.4 is 11.1 Å². The van der Waals surface area contributed by atoms with Crippen LogP contribution in [0.15, 0.2) is 6.07 Å². The van der Waals surface area contributed by atoms with E-state index < -0.39 is 24.7 Å². The van der Waals surface area contributed by atoms with E-state index >= 15 is 0 Å². The highest BCUT2D eigenvalue weighted by Gasteiger charge is 2.38. The van der Waals surface area contributed by atoms with Gasteiger partial charge in [0.15, 0.2) is 6.10 Å². The van der Waals surface area contributed by atoms with Crippen molar-refractivity contribution in [2.24, 2.45) is 0 Å². The Balaban J connectivity index is 2.56. The van der Waals surface area contributed by atoms with E-state index in [1.165, 1.54) is 6.07 Å². The summed E-state index contributed by atoms with van der Waals surface area (Å²) in [5, 5.41) is 10.7. The van der Waals surface area contributed by atoms with E-state index in [0.29, 0.717) is 10.6 Å². The van der Waals surface area contributed by atoms with E-state index in [0.717, 1.165) is 11.3 Å². The highest BCUT2D eigenvalue weighted by atomic mass is 32.1. The summed E-state index contributed by atoms with van der Waals surface area (Å²) in [5.41, 5.74) is 5.92. The van der Waals surface area contributed by atoms with Gasteiger partial charge in [0.05, 0.1) is 11.4 Å². The first-order valence-corrected chi connectivity index (χ1v) is 5.42. The Labute approximate surface area is 99.2 Å². The molecule has 0 aliphatic carbocycles. The van der Waals surface area contributed by atoms with E-state index in [1.54, 1.807) is 6.92 Å². The zero-order chi connectivity index (χ0) is 13.2. The molecule has 1 aromatic heterocycles. The van der Waals surface area contributed by atoms with Crippen LogP contribution in [0.25, 0.3) is 0 Å². The zero-order valence-electron chi connectivity index (χ0n) is 8.84. The van der Waals surface area contributed by atoms with Crippen molar-refractivity contribution in [3.63, 3.8) is 0 Å². The summed E-state index contributed by atoms with van der Waals surface area (Å²) in [4.78, 5) is 12.3. The summed E-state index contributed by atoms with van der Waals surface area (Å²) < 4.78 is 35.9. The van der Waals surface area contributed by atoms with E-state index in [1.807, 2.05) is 5.32 Å². The van der Waals surface area contributed by atoms with Crippen molar-refractivity contribution in [2.75, 3.05) is 12.3 Å². The summed E-state index contributed by atoms with van der Waals surface area (Å²) in [5.74, 6) is -0.682. The van der Waals surface area contributed by atoms with Gasteiger partial charge in [-0.15, -0.1) is 11.3 Å². The molecule has 1 amide bonds. The molecule has 0 spiro atoms. The van der Waals surface area contributed by atoms with Gasteiger partial charge in [-0.25, -0.2) is 0 Å². The molecule has 1 atom stereocenters. The van der Waals surface area contributed by atoms with Crippen molar-refractivity contribution in [3.8, 4) is 0 Å². The molecule has 4 N–H and O–H groups in total. The van der Waals surface area contributed by atoms with Gasteiger partial charge < -0.3 is 16.2 Å². The second-order valence-corrected chi connectivity index (χ2v) is 4.65. The fourth-order valence-corrected chi connectivity index (χ4v) is 1.86. The van der Waals surface area contributed by atoms with Crippen LogP contribution in [0.3, 0.4) is 0 Å². The van der Waals surface area contributed by atoms with Crippen LogP contribution >= 0.6 is 11.3 Å². The first kappa shape index (κ1) is 13.8. The SMILES string of the molecule is Cc1sc(C(=O)NCC(O)C(F)(F)F)cc1N. The van der Waals surface area contributed by atoms with Gasteiger partial charge in [-0.05, 0) is 13.0 Å². The molecule has 8 heteroatoms. The van der Waals surface area contributed by atoms with Crippen LogP contribution in [0.2, 0.25) is 0 Å². The smallest absolute Gasteiger partial charge is 0.398 e.